The molecule has 2 N–H and O–H groups in total. The lowest BCUT2D eigenvalue weighted by atomic mass is 10.6. The van der Waals surface area contributed by atoms with Gasteiger partial charge in [0.2, 0.25) is 11.8 Å². The van der Waals surface area contributed by atoms with Crippen LogP contribution in [0.3, 0.4) is 0 Å². The lowest BCUT2D eigenvalue weighted by Crippen LogP contribution is -2.16. The van der Waals surface area contributed by atoms with E-state index in [1.54, 1.807) is 0 Å². The van der Waals surface area contributed by atoms with Gasteiger partial charge >= 0.3 is 5.97 Å². The van der Waals surface area contributed by atoms with Crippen molar-refractivity contribution >= 4 is 5.97 Å². The van der Waals surface area contributed by atoms with E-state index in [-0.39, 0.29) is 11.8 Å². The standard InChI is InChI=1S/C7H7NO4/c1-2-7(11)12-8-5(9)3-4-6(8)10/h2-4,9-10H,1H2. The van der Waals surface area contributed by atoms with Crippen LogP contribution >= 0.6 is 0 Å². The third kappa shape index (κ3) is 1.39. The number of hydrogen-bond donors (Lipinski definition) is 2. The molecule has 0 radical (unpaired) electrons. The van der Waals surface area contributed by atoms with Crippen molar-refractivity contribution in [2.45, 2.75) is 0 Å². The van der Waals surface area contributed by atoms with Crippen molar-refractivity contribution in [1.82, 2.24) is 4.73 Å². The van der Waals surface area contributed by atoms with Crippen molar-refractivity contribution in [2.24, 2.45) is 0 Å². The van der Waals surface area contributed by atoms with Crippen molar-refractivity contribution in [1.29, 1.82) is 0 Å². The molecule has 1 rings (SSSR count). The molecule has 0 aromatic carbocycles. The molecular weight excluding hydrogens is 162 g/mol. The Kier molecular flexibility index (Phi) is 2.05. The second kappa shape index (κ2) is 3.00. The molecule has 0 saturated carbocycles. The van der Waals surface area contributed by atoms with E-state index in [1.165, 1.54) is 12.1 Å². The average molecular weight is 169 g/mol. The van der Waals surface area contributed by atoms with E-state index in [2.05, 4.69) is 11.4 Å². The quantitative estimate of drug-likeness (QED) is 0.613. The molecule has 0 atom stereocenters. The Morgan fingerprint density at radius 1 is 1.50 bits per heavy atom. The van der Waals surface area contributed by atoms with E-state index in [0.29, 0.717) is 4.73 Å². The first-order valence-electron chi connectivity index (χ1n) is 3.09. The molecule has 0 aliphatic heterocycles. The van der Waals surface area contributed by atoms with Crippen LogP contribution in [-0.2, 0) is 4.79 Å². The highest BCUT2D eigenvalue weighted by Crippen LogP contribution is 2.18. The fourth-order valence-electron chi connectivity index (χ4n) is 0.623. The van der Waals surface area contributed by atoms with E-state index < -0.39 is 5.97 Å². The zero-order chi connectivity index (χ0) is 9.14. The third-order valence-electron chi connectivity index (χ3n) is 1.15. The van der Waals surface area contributed by atoms with Crippen LogP contribution in [0.4, 0.5) is 0 Å². The Bertz CT molecular complexity index is 296. The summed E-state index contributed by atoms with van der Waals surface area (Å²) in [4.78, 5) is 15.0. The highest BCUT2D eigenvalue weighted by molar-refractivity contribution is 5.81. The zero-order valence-corrected chi connectivity index (χ0v) is 6.10. The number of nitrogens with zero attached hydrogens (tertiary/aromatic N) is 1. The van der Waals surface area contributed by atoms with Gasteiger partial charge in [-0.3, -0.25) is 0 Å². The number of aromatic nitrogens is 1. The second-order valence-corrected chi connectivity index (χ2v) is 1.96. The van der Waals surface area contributed by atoms with Crippen LogP contribution in [0, 0.1) is 0 Å². The highest BCUT2D eigenvalue weighted by Gasteiger charge is 2.08. The molecule has 5 heteroatoms. The predicted molar refractivity (Wildman–Crippen MR) is 39.5 cm³/mol. The molecule has 0 aliphatic carbocycles. The summed E-state index contributed by atoms with van der Waals surface area (Å²) >= 11 is 0. The van der Waals surface area contributed by atoms with E-state index >= 15 is 0 Å². The Morgan fingerprint density at radius 2 is 2.00 bits per heavy atom. The van der Waals surface area contributed by atoms with Gasteiger partial charge in [0.05, 0.1) is 0 Å². The molecule has 0 aliphatic rings. The number of carbonyl (C=O) groups excluding carboxylic acids is 1. The molecule has 0 amide bonds. The summed E-state index contributed by atoms with van der Waals surface area (Å²) in [5.74, 6) is -1.48. The van der Waals surface area contributed by atoms with Crippen LogP contribution in [0.1, 0.15) is 0 Å². The van der Waals surface area contributed by atoms with Crippen LogP contribution in [0.25, 0.3) is 0 Å². The molecule has 0 saturated heterocycles. The minimum atomic E-state index is -0.767. The van der Waals surface area contributed by atoms with Gasteiger partial charge in [0, 0.05) is 18.2 Å². The third-order valence-corrected chi connectivity index (χ3v) is 1.15. The lowest BCUT2D eigenvalue weighted by Gasteiger charge is -2.03. The SMILES string of the molecule is C=CC(=O)On1c(O)ccc1O. The lowest BCUT2D eigenvalue weighted by molar-refractivity contribution is -0.139. The first kappa shape index (κ1) is 8.19. The smallest absolute Gasteiger partial charge is 0.356 e. The molecule has 0 unspecified atom stereocenters. The van der Waals surface area contributed by atoms with Crippen molar-refractivity contribution in [2.75, 3.05) is 0 Å². The van der Waals surface area contributed by atoms with Crippen molar-refractivity contribution < 1.29 is 19.8 Å². The maximum absolute atomic E-state index is 10.6. The Balaban J connectivity index is 2.87. The van der Waals surface area contributed by atoms with Gasteiger partial charge in [0.15, 0.2) is 0 Å². The highest BCUT2D eigenvalue weighted by atomic mass is 16.7. The second-order valence-electron chi connectivity index (χ2n) is 1.96. The summed E-state index contributed by atoms with van der Waals surface area (Å²) in [6.07, 6.45) is 0.916. The Morgan fingerprint density at radius 3 is 2.42 bits per heavy atom. The average Bonchev–Trinajstić information content (AvgIpc) is 2.35. The summed E-state index contributed by atoms with van der Waals surface area (Å²) in [5.41, 5.74) is 0. The number of hydrogen-bond acceptors (Lipinski definition) is 4. The van der Waals surface area contributed by atoms with E-state index in [0.717, 1.165) is 6.08 Å². The van der Waals surface area contributed by atoms with Crippen molar-refractivity contribution in [3.63, 3.8) is 0 Å². The molecule has 64 valence electrons. The summed E-state index contributed by atoms with van der Waals surface area (Å²) < 4.78 is 0.587. The fraction of sp³-hybridized carbons (Fsp3) is 0. The normalized spacial score (nSPS) is 9.33. The number of rotatable bonds is 2. The van der Waals surface area contributed by atoms with Gasteiger partial charge in [-0.15, -0.1) is 4.73 Å². The largest absolute Gasteiger partial charge is 0.492 e. The fourth-order valence-corrected chi connectivity index (χ4v) is 0.623. The predicted octanol–water partition coefficient (Wildman–Crippen LogP) is 0.0405. The minimum absolute atomic E-state index is 0.359. The Hall–Kier alpha value is -1.91. The van der Waals surface area contributed by atoms with Crippen LogP contribution in [0.15, 0.2) is 24.8 Å². The van der Waals surface area contributed by atoms with Gasteiger partial charge in [0.25, 0.3) is 0 Å². The summed E-state index contributed by atoms with van der Waals surface area (Å²) in [7, 11) is 0. The maximum atomic E-state index is 10.6. The van der Waals surface area contributed by atoms with Crippen LogP contribution in [-0.4, -0.2) is 20.9 Å². The van der Waals surface area contributed by atoms with Crippen LogP contribution < -0.4 is 4.84 Å². The van der Waals surface area contributed by atoms with E-state index in [9.17, 15) is 4.79 Å². The maximum Gasteiger partial charge on any atom is 0.356 e. The molecule has 1 heterocycles. The van der Waals surface area contributed by atoms with Crippen molar-refractivity contribution in [3.8, 4) is 11.8 Å². The van der Waals surface area contributed by atoms with Gasteiger partial charge in [-0.2, -0.15) is 0 Å². The summed E-state index contributed by atoms with van der Waals surface area (Å²) in [6.45, 7) is 3.15. The molecule has 5 nitrogen and oxygen atoms in total. The summed E-state index contributed by atoms with van der Waals surface area (Å²) in [5, 5.41) is 17.9. The molecule has 0 spiro atoms. The van der Waals surface area contributed by atoms with Gasteiger partial charge in [-0.1, -0.05) is 6.58 Å². The number of carbonyl (C=O) groups is 1. The van der Waals surface area contributed by atoms with E-state index in [4.69, 9.17) is 10.2 Å². The number of aromatic hydroxyl groups is 2. The first-order valence-corrected chi connectivity index (χ1v) is 3.09. The van der Waals surface area contributed by atoms with Gasteiger partial charge in [0.1, 0.15) is 0 Å². The Labute approximate surface area is 68.1 Å². The van der Waals surface area contributed by atoms with E-state index in [1.807, 2.05) is 0 Å². The van der Waals surface area contributed by atoms with Crippen molar-refractivity contribution in [3.05, 3.63) is 24.8 Å². The van der Waals surface area contributed by atoms with Gasteiger partial charge < -0.3 is 15.1 Å². The first-order chi connectivity index (χ1) is 5.65. The monoisotopic (exact) mass is 169 g/mol. The molecule has 0 fully saturated rings. The van der Waals surface area contributed by atoms with Gasteiger partial charge in [-0.25, -0.2) is 4.79 Å². The minimum Gasteiger partial charge on any atom is -0.492 e. The molecular formula is C7H7NO4. The van der Waals surface area contributed by atoms with Crippen LogP contribution in [0.2, 0.25) is 0 Å². The molecule has 12 heavy (non-hydrogen) atoms. The summed E-state index contributed by atoms with van der Waals surface area (Å²) in [6, 6.07) is 2.37. The molecule has 1 aromatic rings. The topological polar surface area (TPSA) is 71.7 Å². The van der Waals surface area contributed by atoms with Crippen LogP contribution in [0.5, 0.6) is 11.8 Å². The van der Waals surface area contributed by atoms with Gasteiger partial charge in [-0.05, 0) is 0 Å². The molecule has 1 aromatic heterocycles. The zero-order valence-electron chi connectivity index (χ0n) is 6.10. The molecule has 0 bridgehead atoms.